The van der Waals surface area contributed by atoms with Gasteiger partial charge in [-0.2, -0.15) is 0 Å². The summed E-state index contributed by atoms with van der Waals surface area (Å²) in [6, 6.07) is 22.4. The average molecular weight is 454 g/mol. The zero-order valence-electron chi connectivity index (χ0n) is 19.2. The van der Waals surface area contributed by atoms with Gasteiger partial charge in [0.05, 0.1) is 17.9 Å². The Labute approximate surface area is 199 Å². The smallest absolute Gasteiger partial charge is 0.181 e. The lowest BCUT2D eigenvalue weighted by molar-refractivity contribution is 0.0974. The van der Waals surface area contributed by atoms with Gasteiger partial charge in [-0.05, 0) is 78.9 Å². The zero-order valence-corrected chi connectivity index (χ0v) is 19.2. The van der Waals surface area contributed by atoms with Gasteiger partial charge in [-0.1, -0.05) is 36.4 Å². The maximum absolute atomic E-state index is 12.7. The molecule has 0 radical (unpaired) electrons. The van der Waals surface area contributed by atoms with Gasteiger partial charge in [0, 0.05) is 12.0 Å². The van der Waals surface area contributed by atoms with Gasteiger partial charge in [-0.15, -0.1) is 0 Å². The molecule has 0 saturated heterocycles. The van der Waals surface area contributed by atoms with Crippen LogP contribution < -0.4 is 4.74 Å². The molecule has 0 unspecified atom stereocenters. The predicted molar refractivity (Wildman–Crippen MR) is 134 cm³/mol. The fourth-order valence-corrected chi connectivity index (χ4v) is 4.04. The number of phenols is 1. The third-order valence-corrected chi connectivity index (χ3v) is 5.84. The molecule has 0 fully saturated rings. The molecule has 0 amide bonds. The third kappa shape index (κ3) is 5.31. The van der Waals surface area contributed by atoms with Crippen molar-refractivity contribution in [1.29, 1.82) is 0 Å². The van der Waals surface area contributed by atoms with Crippen molar-refractivity contribution >= 4 is 22.8 Å². The first kappa shape index (κ1) is 23.2. The highest BCUT2D eigenvalue weighted by Crippen LogP contribution is 2.29. The molecule has 4 aromatic rings. The lowest BCUT2D eigenvalue weighted by atomic mass is 10.00. The molecule has 5 heteroatoms. The molecule has 4 rings (SSSR count). The number of aryl methyl sites for hydroxylation is 1. The van der Waals surface area contributed by atoms with Crippen molar-refractivity contribution in [3.8, 4) is 22.8 Å². The standard InChI is InChI=1S/C29H27NO4/c1-2-34-23-14-10-20(11-15-23)6-3-4-9-29(33)27-8-5-7-26(30-27)22-12-16-24-21(18-22)13-17-28(32)25(24)19-31/h5,7-8,10-19,32H,2-4,6,9H2,1H3. The number of aromatic hydroxyl groups is 1. The van der Waals surface area contributed by atoms with E-state index in [-0.39, 0.29) is 17.1 Å². The van der Waals surface area contributed by atoms with Crippen molar-refractivity contribution in [2.24, 2.45) is 0 Å². The molecule has 34 heavy (non-hydrogen) atoms. The van der Waals surface area contributed by atoms with Gasteiger partial charge in [0.25, 0.3) is 0 Å². The van der Waals surface area contributed by atoms with E-state index in [9.17, 15) is 14.7 Å². The number of carbonyl (C=O) groups is 2. The molecule has 3 aromatic carbocycles. The minimum Gasteiger partial charge on any atom is -0.507 e. The zero-order chi connectivity index (χ0) is 23.9. The van der Waals surface area contributed by atoms with Gasteiger partial charge in [0.15, 0.2) is 12.1 Å². The van der Waals surface area contributed by atoms with Crippen molar-refractivity contribution in [3.63, 3.8) is 0 Å². The maximum atomic E-state index is 12.7. The molecule has 0 aliphatic heterocycles. The highest BCUT2D eigenvalue weighted by atomic mass is 16.5. The van der Waals surface area contributed by atoms with E-state index in [1.54, 1.807) is 18.2 Å². The Balaban J connectivity index is 1.39. The monoisotopic (exact) mass is 453 g/mol. The second-order valence-electron chi connectivity index (χ2n) is 8.17. The number of pyridine rings is 1. The summed E-state index contributed by atoms with van der Waals surface area (Å²) in [5, 5.41) is 11.4. The number of hydrogen-bond acceptors (Lipinski definition) is 5. The molecular weight excluding hydrogens is 426 g/mol. The fraction of sp³-hybridized carbons (Fsp3) is 0.207. The van der Waals surface area contributed by atoms with Crippen LogP contribution >= 0.6 is 0 Å². The first-order chi connectivity index (χ1) is 16.6. The number of ketones is 1. The van der Waals surface area contributed by atoms with Crippen LogP contribution in [0.4, 0.5) is 0 Å². The van der Waals surface area contributed by atoms with E-state index in [1.807, 2.05) is 43.3 Å². The van der Waals surface area contributed by atoms with Gasteiger partial charge in [0.2, 0.25) is 0 Å². The van der Waals surface area contributed by atoms with E-state index in [2.05, 4.69) is 17.1 Å². The highest BCUT2D eigenvalue weighted by Gasteiger charge is 2.11. The van der Waals surface area contributed by atoms with Crippen molar-refractivity contribution in [2.75, 3.05) is 6.61 Å². The largest absolute Gasteiger partial charge is 0.507 e. The summed E-state index contributed by atoms with van der Waals surface area (Å²) < 4.78 is 5.47. The van der Waals surface area contributed by atoms with E-state index in [0.29, 0.717) is 36.1 Å². The number of nitrogens with zero attached hydrogens (tertiary/aromatic N) is 1. The summed E-state index contributed by atoms with van der Waals surface area (Å²) in [5.41, 5.74) is 3.51. The molecule has 1 heterocycles. The normalized spacial score (nSPS) is 10.9. The predicted octanol–water partition coefficient (Wildman–Crippen LogP) is 6.41. The Kier molecular flexibility index (Phi) is 7.33. The Morgan fingerprint density at radius 3 is 2.59 bits per heavy atom. The minimum atomic E-state index is -0.0384. The van der Waals surface area contributed by atoms with Crippen LogP contribution in [0.25, 0.3) is 22.0 Å². The minimum absolute atomic E-state index is 0.0301. The number of Topliss-reactive ketones (excluding diaryl/α,β-unsaturated/α-hetero) is 1. The Morgan fingerprint density at radius 2 is 1.82 bits per heavy atom. The number of fused-ring (bicyclic) bond motifs is 1. The number of hydrogen-bond donors (Lipinski definition) is 1. The van der Waals surface area contributed by atoms with E-state index in [1.165, 1.54) is 11.6 Å². The number of carbonyl (C=O) groups excluding carboxylic acids is 2. The highest BCUT2D eigenvalue weighted by molar-refractivity contribution is 6.02. The molecule has 0 aliphatic rings. The second kappa shape index (κ2) is 10.8. The molecule has 1 aromatic heterocycles. The van der Waals surface area contributed by atoms with E-state index < -0.39 is 0 Å². The molecule has 5 nitrogen and oxygen atoms in total. The quantitative estimate of drug-likeness (QED) is 0.170. The van der Waals surface area contributed by atoms with Crippen LogP contribution in [-0.2, 0) is 6.42 Å². The lowest BCUT2D eigenvalue weighted by Crippen LogP contribution is -2.03. The van der Waals surface area contributed by atoms with Gasteiger partial charge >= 0.3 is 0 Å². The summed E-state index contributed by atoms with van der Waals surface area (Å²) in [7, 11) is 0. The number of phenolic OH excluding ortho intramolecular Hbond substituents is 1. The molecule has 0 atom stereocenters. The van der Waals surface area contributed by atoms with E-state index in [4.69, 9.17) is 4.74 Å². The summed E-state index contributed by atoms with van der Waals surface area (Å²) in [6.45, 7) is 2.62. The number of ether oxygens (including phenoxy) is 1. The molecule has 172 valence electrons. The number of unbranched alkanes of at least 4 members (excludes halogenated alkanes) is 1. The van der Waals surface area contributed by atoms with Crippen LogP contribution in [0, 0.1) is 0 Å². The number of aldehydes is 1. The van der Waals surface area contributed by atoms with E-state index >= 15 is 0 Å². The SMILES string of the molecule is CCOc1ccc(CCCCC(=O)c2cccc(-c3ccc4c(C=O)c(O)ccc4c3)n2)cc1. The van der Waals surface area contributed by atoms with E-state index in [0.717, 1.165) is 36.0 Å². The van der Waals surface area contributed by atoms with Gasteiger partial charge in [0.1, 0.15) is 17.2 Å². The molecule has 0 saturated carbocycles. The van der Waals surface area contributed by atoms with Crippen molar-refractivity contribution < 1.29 is 19.4 Å². The maximum Gasteiger partial charge on any atom is 0.181 e. The van der Waals surface area contributed by atoms with Crippen LogP contribution in [0.15, 0.2) is 72.8 Å². The van der Waals surface area contributed by atoms with Crippen molar-refractivity contribution in [1.82, 2.24) is 4.98 Å². The fourth-order valence-electron chi connectivity index (χ4n) is 4.04. The second-order valence-corrected chi connectivity index (χ2v) is 8.17. The van der Waals surface area contributed by atoms with Crippen LogP contribution in [0.5, 0.6) is 11.5 Å². The molecule has 1 N–H and O–H groups in total. The summed E-state index contributed by atoms with van der Waals surface area (Å²) in [4.78, 5) is 28.7. The number of rotatable bonds is 10. The van der Waals surface area contributed by atoms with Crippen LogP contribution in [-0.4, -0.2) is 28.8 Å². The molecular formula is C29H27NO4. The van der Waals surface area contributed by atoms with Crippen LogP contribution in [0.3, 0.4) is 0 Å². The number of benzene rings is 3. The van der Waals surface area contributed by atoms with Gasteiger partial charge in [-0.3, -0.25) is 9.59 Å². The Morgan fingerprint density at radius 1 is 1.00 bits per heavy atom. The summed E-state index contributed by atoms with van der Waals surface area (Å²) in [5.74, 6) is 0.868. The van der Waals surface area contributed by atoms with Gasteiger partial charge in [-0.25, -0.2) is 4.98 Å². The van der Waals surface area contributed by atoms with Crippen molar-refractivity contribution in [3.05, 3.63) is 89.6 Å². The molecule has 0 bridgehead atoms. The topological polar surface area (TPSA) is 76.5 Å². The molecule has 0 aliphatic carbocycles. The molecule has 0 spiro atoms. The van der Waals surface area contributed by atoms with Gasteiger partial charge < -0.3 is 9.84 Å². The third-order valence-electron chi connectivity index (χ3n) is 5.84. The number of aromatic nitrogens is 1. The lowest BCUT2D eigenvalue weighted by Gasteiger charge is -2.08. The van der Waals surface area contributed by atoms with Crippen LogP contribution in [0.1, 0.15) is 52.6 Å². The first-order valence-corrected chi connectivity index (χ1v) is 11.5. The van der Waals surface area contributed by atoms with Crippen LogP contribution in [0.2, 0.25) is 0 Å². The Hall–Kier alpha value is -3.99. The Bertz CT molecular complexity index is 1310. The van der Waals surface area contributed by atoms with Crippen molar-refractivity contribution in [2.45, 2.75) is 32.6 Å². The first-order valence-electron chi connectivity index (χ1n) is 11.5. The average Bonchev–Trinajstić information content (AvgIpc) is 2.87. The summed E-state index contributed by atoms with van der Waals surface area (Å²) >= 11 is 0. The summed E-state index contributed by atoms with van der Waals surface area (Å²) in [6.07, 6.45) is 3.75.